The van der Waals surface area contributed by atoms with Crippen molar-refractivity contribution in [3.05, 3.63) is 29.8 Å². The number of aliphatic carboxylic acids is 1. The van der Waals surface area contributed by atoms with E-state index in [0.717, 1.165) is 13.1 Å². The molecule has 0 saturated carbocycles. The summed E-state index contributed by atoms with van der Waals surface area (Å²) in [5.74, 6) is -1.75. The second-order valence-electron chi connectivity index (χ2n) is 6.17. The predicted molar refractivity (Wildman–Crippen MR) is 99.6 cm³/mol. The molecule has 0 unspecified atom stereocenters. The third-order valence-electron chi connectivity index (χ3n) is 4.18. The Hall–Kier alpha value is -3.14. The lowest BCUT2D eigenvalue weighted by Gasteiger charge is -2.34. The molecule has 0 spiro atoms. The summed E-state index contributed by atoms with van der Waals surface area (Å²) in [5.41, 5.74) is 6.21. The molecule has 6 N–H and O–H groups in total. The summed E-state index contributed by atoms with van der Waals surface area (Å²) in [7, 11) is 0. The molecular formula is C17H24N6O4. The molecule has 0 radical (unpaired) electrons. The Kier molecular flexibility index (Phi) is 7.12. The van der Waals surface area contributed by atoms with E-state index in [-0.39, 0.29) is 17.4 Å². The molecule has 0 atom stereocenters. The van der Waals surface area contributed by atoms with E-state index < -0.39 is 18.4 Å². The van der Waals surface area contributed by atoms with Gasteiger partial charge in [-0.3, -0.25) is 24.7 Å². The molecule has 1 saturated heterocycles. The number of guanidine groups is 1. The molecule has 1 aliphatic rings. The molecule has 10 nitrogen and oxygen atoms in total. The van der Waals surface area contributed by atoms with Gasteiger partial charge in [-0.25, -0.2) is 0 Å². The van der Waals surface area contributed by atoms with Crippen molar-refractivity contribution in [2.75, 3.05) is 44.6 Å². The average molecular weight is 376 g/mol. The van der Waals surface area contributed by atoms with Crippen molar-refractivity contribution >= 4 is 29.4 Å². The van der Waals surface area contributed by atoms with Crippen LogP contribution in [0.15, 0.2) is 24.3 Å². The molecule has 146 valence electrons. The summed E-state index contributed by atoms with van der Waals surface area (Å²) in [4.78, 5) is 38.4. The molecule has 1 aromatic rings. The molecule has 0 aliphatic carbocycles. The van der Waals surface area contributed by atoms with Crippen molar-refractivity contribution in [1.29, 1.82) is 5.41 Å². The number of anilines is 1. The highest BCUT2D eigenvalue weighted by Gasteiger charge is 2.18. The van der Waals surface area contributed by atoms with Crippen LogP contribution in [-0.2, 0) is 9.59 Å². The normalized spacial score (nSPS) is 14.4. The first-order valence-corrected chi connectivity index (χ1v) is 8.56. The van der Waals surface area contributed by atoms with E-state index in [0.29, 0.717) is 31.7 Å². The summed E-state index contributed by atoms with van der Waals surface area (Å²) in [6.07, 6.45) is 0.301. The fourth-order valence-electron chi connectivity index (χ4n) is 2.69. The molecule has 1 aromatic carbocycles. The number of hydrogen-bond acceptors (Lipinski definition) is 5. The van der Waals surface area contributed by atoms with Gasteiger partial charge in [-0.05, 0) is 18.2 Å². The lowest BCUT2D eigenvalue weighted by molar-refractivity contribution is -0.135. The van der Waals surface area contributed by atoms with Crippen LogP contribution in [0, 0.1) is 5.41 Å². The number of nitrogens with zero attached hydrogens (tertiary/aromatic N) is 2. The molecule has 10 heteroatoms. The lowest BCUT2D eigenvalue weighted by atomic mass is 10.2. The van der Waals surface area contributed by atoms with Crippen LogP contribution >= 0.6 is 0 Å². The number of amides is 2. The van der Waals surface area contributed by atoms with Gasteiger partial charge in [0.2, 0.25) is 5.91 Å². The second kappa shape index (κ2) is 9.53. The van der Waals surface area contributed by atoms with E-state index in [2.05, 4.69) is 15.5 Å². The summed E-state index contributed by atoms with van der Waals surface area (Å²) >= 11 is 0. The summed E-state index contributed by atoms with van der Waals surface area (Å²) in [6, 6.07) is 6.33. The van der Waals surface area contributed by atoms with Crippen LogP contribution in [0.25, 0.3) is 0 Å². The first-order chi connectivity index (χ1) is 12.8. The monoisotopic (exact) mass is 376 g/mol. The predicted octanol–water partition coefficient (Wildman–Crippen LogP) is -0.659. The van der Waals surface area contributed by atoms with Gasteiger partial charge in [0.1, 0.15) is 6.54 Å². The van der Waals surface area contributed by atoms with Gasteiger partial charge in [0.05, 0.1) is 0 Å². The summed E-state index contributed by atoms with van der Waals surface area (Å²) in [5, 5.41) is 21.0. The quantitative estimate of drug-likeness (QED) is 0.313. The largest absolute Gasteiger partial charge is 0.480 e. The van der Waals surface area contributed by atoms with Crippen LogP contribution in [0.1, 0.15) is 16.8 Å². The SMILES string of the molecule is N=C(N)N1CCN(CCC(=O)Nc2cccc(C(=O)NCC(=O)O)c2)CC1. The van der Waals surface area contributed by atoms with E-state index in [9.17, 15) is 14.4 Å². The van der Waals surface area contributed by atoms with E-state index in [1.54, 1.807) is 23.1 Å². The Labute approximate surface area is 156 Å². The number of carbonyl (C=O) groups is 3. The zero-order chi connectivity index (χ0) is 19.8. The highest BCUT2D eigenvalue weighted by molar-refractivity contribution is 5.98. The highest BCUT2D eigenvalue weighted by atomic mass is 16.4. The fraction of sp³-hybridized carbons (Fsp3) is 0.412. The maximum atomic E-state index is 12.1. The number of hydrogen-bond donors (Lipinski definition) is 5. The molecule has 27 heavy (non-hydrogen) atoms. The number of rotatable bonds is 7. The number of nitrogens with two attached hydrogens (primary N) is 1. The minimum atomic E-state index is -1.13. The average Bonchev–Trinajstić information content (AvgIpc) is 2.65. The van der Waals surface area contributed by atoms with Crippen molar-refractivity contribution in [2.24, 2.45) is 5.73 Å². The van der Waals surface area contributed by atoms with Gasteiger partial charge < -0.3 is 26.4 Å². The zero-order valence-electron chi connectivity index (χ0n) is 14.9. The molecule has 1 fully saturated rings. The van der Waals surface area contributed by atoms with Gasteiger partial charge in [-0.1, -0.05) is 6.07 Å². The van der Waals surface area contributed by atoms with Crippen molar-refractivity contribution in [1.82, 2.24) is 15.1 Å². The smallest absolute Gasteiger partial charge is 0.322 e. The van der Waals surface area contributed by atoms with Gasteiger partial charge in [0, 0.05) is 50.4 Å². The minimum absolute atomic E-state index is 0.0691. The Morgan fingerprint density at radius 3 is 2.52 bits per heavy atom. The third kappa shape index (κ3) is 6.59. The molecule has 1 heterocycles. The van der Waals surface area contributed by atoms with Gasteiger partial charge in [-0.2, -0.15) is 0 Å². The maximum absolute atomic E-state index is 12.1. The number of piperazine rings is 1. The molecule has 2 amide bonds. The molecule has 1 aliphatic heterocycles. The minimum Gasteiger partial charge on any atom is -0.480 e. The van der Waals surface area contributed by atoms with Crippen LogP contribution in [0.4, 0.5) is 5.69 Å². The fourth-order valence-corrected chi connectivity index (χ4v) is 2.69. The number of carbonyl (C=O) groups excluding carboxylic acids is 2. The molecule has 0 aromatic heterocycles. The van der Waals surface area contributed by atoms with Gasteiger partial charge in [0.15, 0.2) is 5.96 Å². The van der Waals surface area contributed by atoms with Crippen LogP contribution in [0.2, 0.25) is 0 Å². The number of nitrogens with one attached hydrogen (secondary N) is 3. The Morgan fingerprint density at radius 1 is 1.19 bits per heavy atom. The van der Waals surface area contributed by atoms with Crippen LogP contribution in [-0.4, -0.2) is 77.9 Å². The number of carboxylic acids is 1. The summed E-state index contributed by atoms with van der Waals surface area (Å²) < 4.78 is 0. The van der Waals surface area contributed by atoms with Gasteiger partial charge in [0.25, 0.3) is 5.91 Å². The zero-order valence-corrected chi connectivity index (χ0v) is 14.9. The topological polar surface area (TPSA) is 152 Å². The number of carboxylic acid groups (broad SMARTS) is 1. The van der Waals surface area contributed by atoms with Gasteiger partial charge >= 0.3 is 5.97 Å². The van der Waals surface area contributed by atoms with Crippen LogP contribution in [0.5, 0.6) is 0 Å². The summed E-state index contributed by atoms with van der Waals surface area (Å²) in [6.45, 7) is 2.95. The van der Waals surface area contributed by atoms with E-state index in [1.807, 2.05) is 0 Å². The molecular weight excluding hydrogens is 352 g/mol. The molecule has 2 rings (SSSR count). The standard InChI is InChI=1S/C17H24N6O4/c18-17(19)23-8-6-22(7-9-23)5-4-14(24)21-13-3-1-2-12(10-13)16(27)20-11-15(25)26/h1-3,10H,4-9,11H2,(H3,18,19)(H,20,27)(H,21,24)(H,25,26). The molecule has 0 bridgehead atoms. The van der Waals surface area contributed by atoms with Crippen molar-refractivity contribution < 1.29 is 19.5 Å². The van der Waals surface area contributed by atoms with Crippen molar-refractivity contribution in [3.8, 4) is 0 Å². The Bertz CT molecular complexity index is 715. The Morgan fingerprint density at radius 2 is 1.89 bits per heavy atom. The first kappa shape index (κ1) is 20.2. The maximum Gasteiger partial charge on any atom is 0.322 e. The van der Waals surface area contributed by atoms with E-state index in [4.69, 9.17) is 16.2 Å². The van der Waals surface area contributed by atoms with Crippen molar-refractivity contribution in [3.63, 3.8) is 0 Å². The third-order valence-corrected chi connectivity index (χ3v) is 4.18. The lowest BCUT2D eigenvalue weighted by Crippen LogP contribution is -2.51. The first-order valence-electron chi connectivity index (χ1n) is 8.56. The van der Waals surface area contributed by atoms with E-state index >= 15 is 0 Å². The van der Waals surface area contributed by atoms with Gasteiger partial charge in [-0.15, -0.1) is 0 Å². The van der Waals surface area contributed by atoms with Crippen molar-refractivity contribution in [2.45, 2.75) is 6.42 Å². The van der Waals surface area contributed by atoms with Crippen LogP contribution < -0.4 is 16.4 Å². The number of benzene rings is 1. The second-order valence-corrected chi connectivity index (χ2v) is 6.17. The van der Waals surface area contributed by atoms with E-state index in [1.165, 1.54) is 6.07 Å². The van der Waals surface area contributed by atoms with Crippen LogP contribution in [0.3, 0.4) is 0 Å². The highest BCUT2D eigenvalue weighted by Crippen LogP contribution is 2.11. The Balaban J connectivity index is 1.79.